The lowest BCUT2D eigenvalue weighted by atomic mass is 9.44. The Morgan fingerprint density at radius 1 is 0.944 bits per heavy atom. The summed E-state index contributed by atoms with van der Waals surface area (Å²) in [6, 6.07) is 0. The van der Waals surface area contributed by atoms with Gasteiger partial charge in [0.2, 0.25) is 0 Å². The molecule has 0 bridgehead atoms. The fraction of sp³-hybridized carbons (Fsp3) is 0.963. The molecule has 4 aliphatic carbocycles. The number of carbonyl (C=O) groups excluding carboxylic acids is 1. The van der Waals surface area contributed by atoms with Crippen LogP contribution in [0.25, 0.3) is 0 Å². The fourth-order valence-corrected chi connectivity index (χ4v) is 9.23. The second-order valence-electron chi connectivity index (χ2n) is 12.9. The molecule has 9 atom stereocenters. The lowest BCUT2D eigenvalue weighted by Gasteiger charge is -2.60. The van der Waals surface area contributed by atoms with Crippen molar-refractivity contribution in [1.29, 1.82) is 0 Å². The number of Topliss-reactive ketones (excluding diaryl/α,β-unsaturated/α-hetero) is 1. The van der Waals surface area contributed by atoms with E-state index in [-0.39, 0.29) is 52.8 Å². The Labute approximate surface area is 208 Å². The molecule has 4 saturated carbocycles. The fourth-order valence-electron chi connectivity index (χ4n) is 9.23. The van der Waals surface area contributed by atoms with Gasteiger partial charge in [0.1, 0.15) is 5.78 Å². The summed E-state index contributed by atoms with van der Waals surface area (Å²) in [6.45, 7) is 6.19. The van der Waals surface area contributed by atoms with Gasteiger partial charge in [0.15, 0.2) is 0 Å². The van der Waals surface area contributed by atoms with Crippen LogP contribution in [0.4, 0.5) is 30.7 Å². The second-order valence-corrected chi connectivity index (χ2v) is 12.9. The highest BCUT2D eigenvalue weighted by Crippen LogP contribution is 2.67. The molecule has 0 spiro atoms. The highest BCUT2D eigenvalue weighted by atomic mass is 19.4. The average molecular weight is 529 g/mol. The smallest absolute Gasteiger partial charge is 0.393 e. The molecular weight excluding hydrogens is 489 g/mol. The van der Waals surface area contributed by atoms with Crippen molar-refractivity contribution < 1.29 is 40.6 Å². The van der Waals surface area contributed by atoms with Crippen molar-refractivity contribution in [2.24, 2.45) is 46.3 Å². The summed E-state index contributed by atoms with van der Waals surface area (Å²) in [5.74, 6) is 0.709. The zero-order valence-electron chi connectivity index (χ0n) is 21.3. The van der Waals surface area contributed by atoms with Crippen LogP contribution in [0, 0.1) is 46.3 Å². The molecule has 0 unspecified atom stereocenters. The number of hydrogen-bond donors (Lipinski definition) is 1. The van der Waals surface area contributed by atoms with Gasteiger partial charge < -0.3 is 5.11 Å². The van der Waals surface area contributed by atoms with Crippen molar-refractivity contribution in [3.63, 3.8) is 0 Å². The number of fused-ring (bicyclic) bond motifs is 5. The van der Waals surface area contributed by atoms with E-state index in [1.165, 1.54) is 0 Å². The molecule has 4 fully saturated rings. The first-order valence-electron chi connectivity index (χ1n) is 13.5. The van der Waals surface area contributed by atoms with E-state index >= 15 is 0 Å². The maximum atomic E-state index is 14.1. The SMILES string of the molecule is C[C@H](CCCC(F)(C(F)(F)F)C(F)(F)F)[C@H]1CC(=O)[C@H]2[C@@H]3CC[C@H]4C[C@@H](O)CC[C@]4(C)[C@H]3CC[C@]12C. The Kier molecular flexibility index (Phi) is 7.13. The van der Waals surface area contributed by atoms with Crippen LogP contribution < -0.4 is 0 Å². The van der Waals surface area contributed by atoms with E-state index in [4.69, 9.17) is 0 Å². The number of halogens is 7. The summed E-state index contributed by atoms with van der Waals surface area (Å²) in [5.41, 5.74) is -5.46. The maximum Gasteiger partial charge on any atom is 0.431 e. The number of hydrogen-bond acceptors (Lipinski definition) is 2. The van der Waals surface area contributed by atoms with Gasteiger partial charge in [-0.1, -0.05) is 27.2 Å². The molecule has 0 aliphatic heterocycles. The molecular formula is C27H39F7O2. The van der Waals surface area contributed by atoms with Crippen LogP contribution in [0.1, 0.15) is 91.4 Å². The van der Waals surface area contributed by atoms with Gasteiger partial charge in [-0.15, -0.1) is 0 Å². The summed E-state index contributed by atoms with van der Waals surface area (Å²) < 4.78 is 91.7. The van der Waals surface area contributed by atoms with Crippen LogP contribution in [0.3, 0.4) is 0 Å². The van der Waals surface area contributed by atoms with Crippen LogP contribution in [0.2, 0.25) is 0 Å². The first kappa shape index (κ1) is 28.2. The predicted octanol–water partition coefficient (Wildman–Crippen LogP) is 7.82. The minimum atomic E-state index is -6.02. The predicted molar refractivity (Wildman–Crippen MR) is 121 cm³/mol. The van der Waals surface area contributed by atoms with E-state index in [9.17, 15) is 40.6 Å². The van der Waals surface area contributed by atoms with Crippen molar-refractivity contribution in [3.8, 4) is 0 Å². The number of ketones is 1. The van der Waals surface area contributed by atoms with Crippen molar-refractivity contribution in [2.75, 3.05) is 0 Å². The molecule has 0 aromatic heterocycles. The van der Waals surface area contributed by atoms with Crippen molar-refractivity contribution in [2.45, 2.75) is 116 Å². The van der Waals surface area contributed by atoms with Gasteiger partial charge in [0, 0.05) is 12.3 Å². The lowest BCUT2D eigenvalue weighted by molar-refractivity contribution is -0.343. The van der Waals surface area contributed by atoms with Crippen LogP contribution in [-0.2, 0) is 4.79 Å². The summed E-state index contributed by atoms with van der Waals surface area (Å²) in [6.07, 6.45) is -7.99. The normalized spacial score (nSPS) is 42.5. The van der Waals surface area contributed by atoms with Crippen molar-refractivity contribution in [1.82, 2.24) is 0 Å². The van der Waals surface area contributed by atoms with E-state index in [1.54, 1.807) is 6.92 Å². The van der Waals surface area contributed by atoms with Gasteiger partial charge in [0.05, 0.1) is 6.10 Å². The zero-order chi connectivity index (χ0) is 26.9. The molecule has 0 amide bonds. The van der Waals surface area contributed by atoms with Gasteiger partial charge in [-0.2, -0.15) is 26.3 Å². The molecule has 0 heterocycles. The third kappa shape index (κ3) is 4.31. The topological polar surface area (TPSA) is 37.3 Å². The number of carbonyl (C=O) groups is 1. The van der Waals surface area contributed by atoms with Gasteiger partial charge in [-0.3, -0.25) is 4.79 Å². The van der Waals surface area contributed by atoms with Crippen molar-refractivity contribution in [3.05, 3.63) is 0 Å². The maximum absolute atomic E-state index is 14.1. The number of aliphatic hydroxyl groups is 1. The monoisotopic (exact) mass is 528 g/mol. The van der Waals surface area contributed by atoms with E-state index in [0.717, 1.165) is 44.9 Å². The van der Waals surface area contributed by atoms with Crippen LogP contribution in [0.5, 0.6) is 0 Å². The molecule has 208 valence electrons. The third-order valence-corrected chi connectivity index (χ3v) is 11.2. The summed E-state index contributed by atoms with van der Waals surface area (Å²) in [7, 11) is 0. The minimum absolute atomic E-state index is 0.0177. The quantitative estimate of drug-likeness (QED) is 0.370. The number of aliphatic hydroxyl groups excluding tert-OH is 1. The highest BCUT2D eigenvalue weighted by molar-refractivity contribution is 5.85. The first-order valence-corrected chi connectivity index (χ1v) is 13.5. The van der Waals surface area contributed by atoms with E-state index < -0.39 is 30.9 Å². The van der Waals surface area contributed by atoms with Gasteiger partial charge in [-0.25, -0.2) is 4.39 Å². The average Bonchev–Trinajstić information content (AvgIpc) is 3.03. The molecule has 0 aromatic rings. The minimum Gasteiger partial charge on any atom is -0.393 e. The van der Waals surface area contributed by atoms with Crippen molar-refractivity contribution >= 4 is 5.78 Å². The Morgan fingerprint density at radius 2 is 1.56 bits per heavy atom. The van der Waals surface area contributed by atoms with Gasteiger partial charge >= 0.3 is 12.4 Å². The molecule has 4 rings (SSSR count). The number of alkyl halides is 7. The summed E-state index contributed by atoms with van der Waals surface area (Å²) in [4.78, 5) is 13.4. The molecule has 0 aromatic carbocycles. The Morgan fingerprint density at radius 3 is 2.17 bits per heavy atom. The largest absolute Gasteiger partial charge is 0.431 e. The summed E-state index contributed by atoms with van der Waals surface area (Å²) in [5, 5.41) is 10.2. The second kappa shape index (κ2) is 9.11. The Bertz CT molecular complexity index is 825. The summed E-state index contributed by atoms with van der Waals surface area (Å²) >= 11 is 0. The van der Waals surface area contributed by atoms with E-state index in [1.807, 2.05) is 0 Å². The van der Waals surface area contributed by atoms with Crippen LogP contribution >= 0.6 is 0 Å². The van der Waals surface area contributed by atoms with Gasteiger partial charge in [-0.05, 0) is 98.2 Å². The standard InChI is InChI=1S/C27H39F7O2/c1-15(5-4-10-25(28,26(29,30)31)27(32,33)34)20-14-21(36)22-18-7-6-16-13-17(35)8-11-23(16,2)19(18)9-12-24(20,22)3/h15-20,22,35H,4-14H2,1-3H3/t15-,16+,17+,18-,19+,20-,22-,23+,24-/m1/s1. The molecule has 0 radical (unpaired) electrons. The first-order chi connectivity index (χ1) is 16.5. The molecule has 9 heteroatoms. The highest BCUT2D eigenvalue weighted by Gasteiger charge is 2.72. The molecule has 0 saturated heterocycles. The molecule has 4 aliphatic rings. The number of rotatable bonds is 5. The van der Waals surface area contributed by atoms with E-state index in [2.05, 4.69) is 13.8 Å². The molecule has 1 N–H and O–H groups in total. The zero-order valence-corrected chi connectivity index (χ0v) is 21.3. The Hall–Kier alpha value is -0.860. The van der Waals surface area contributed by atoms with Gasteiger partial charge in [0.25, 0.3) is 5.67 Å². The molecule has 36 heavy (non-hydrogen) atoms. The van der Waals surface area contributed by atoms with Crippen LogP contribution in [0.15, 0.2) is 0 Å². The third-order valence-electron chi connectivity index (χ3n) is 11.2. The van der Waals surface area contributed by atoms with E-state index in [0.29, 0.717) is 18.3 Å². The Balaban J connectivity index is 1.46. The lowest BCUT2D eigenvalue weighted by Crippen LogP contribution is -2.55. The van der Waals surface area contributed by atoms with Crippen LogP contribution in [-0.4, -0.2) is 35.0 Å². The molecule has 2 nitrogen and oxygen atoms in total.